The summed E-state index contributed by atoms with van der Waals surface area (Å²) >= 11 is 1.55. The molecule has 7 heteroatoms. The maximum absolute atomic E-state index is 11.1. The van der Waals surface area contributed by atoms with E-state index in [2.05, 4.69) is 81.4 Å². The molecule has 166 valence electrons. The number of aromatic hydroxyl groups is 1. The van der Waals surface area contributed by atoms with Crippen LogP contribution >= 0.6 is 11.3 Å². The number of hydrogen-bond donors (Lipinski definition) is 1. The van der Waals surface area contributed by atoms with E-state index in [1.165, 1.54) is 16.8 Å². The van der Waals surface area contributed by atoms with Crippen molar-refractivity contribution in [3.8, 4) is 5.88 Å². The van der Waals surface area contributed by atoms with Gasteiger partial charge >= 0.3 is 0 Å². The highest BCUT2D eigenvalue weighted by molar-refractivity contribution is 7.17. The second kappa shape index (κ2) is 8.92. The third-order valence-electron chi connectivity index (χ3n) is 6.31. The van der Waals surface area contributed by atoms with E-state index in [0.29, 0.717) is 0 Å². The van der Waals surface area contributed by atoms with Gasteiger partial charge in [-0.05, 0) is 29.7 Å². The molecule has 6 nitrogen and oxygen atoms in total. The molecule has 0 aliphatic carbocycles. The molecule has 1 N–H and O–H groups in total. The quantitative estimate of drug-likeness (QED) is 0.471. The summed E-state index contributed by atoms with van der Waals surface area (Å²) in [6.45, 7) is 7.95. The Labute approximate surface area is 192 Å². The molecule has 0 bridgehead atoms. The maximum atomic E-state index is 11.1. The number of aryl methyl sites for hydroxylation is 2. The second-order valence-corrected chi connectivity index (χ2v) is 9.23. The van der Waals surface area contributed by atoms with Crippen LogP contribution < -0.4 is 4.90 Å². The van der Waals surface area contributed by atoms with Gasteiger partial charge in [-0.15, -0.1) is 5.10 Å². The largest absolute Gasteiger partial charge is 0.492 e. The van der Waals surface area contributed by atoms with Crippen LogP contribution in [0.2, 0.25) is 0 Å². The highest BCUT2D eigenvalue weighted by Gasteiger charge is 2.31. The Hall–Kier alpha value is -2.90. The van der Waals surface area contributed by atoms with Crippen LogP contribution in [-0.2, 0) is 12.8 Å². The van der Waals surface area contributed by atoms with Crippen LogP contribution in [0.25, 0.3) is 4.96 Å². The van der Waals surface area contributed by atoms with Crippen molar-refractivity contribution in [1.29, 1.82) is 0 Å². The fourth-order valence-electron chi connectivity index (χ4n) is 4.46. The minimum Gasteiger partial charge on any atom is -0.492 e. The fraction of sp³-hybridized carbons (Fsp3) is 0.360. The van der Waals surface area contributed by atoms with E-state index in [1.807, 2.05) is 6.92 Å². The van der Waals surface area contributed by atoms with E-state index in [9.17, 15) is 5.11 Å². The van der Waals surface area contributed by atoms with E-state index in [4.69, 9.17) is 0 Å². The molecule has 1 aliphatic rings. The van der Waals surface area contributed by atoms with Gasteiger partial charge in [-0.2, -0.15) is 4.52 Å². The minimum atomic E-state index is -0.0163. The van der Waals surface area contributed by atoms with Gasteiger partial charge in [0, 0.05) is 38.3 Å². The molecule has 0 saturated carbocycles. The maximum Gasteiger partial charge on any atom is 0.230 e. The molecular formula is C25H29N5OS. The molecule has 32 heavy (non-hydrogen) atoms. The third-order valence-corrected chi connectivity index (χ3v) is 7.39. The van der Waals surface area contributed by atoms with Gasteiger partial charge in [0.25, 0.3) is 0 Å². The van der Waals surface area contributed by atoms with Crippen LogP contribution in [0.4, 0.5) is 5.69 Å². The van der Waals surface area contributed by atoms with E-state index in [0.717, 1.165) is 54.7 Å². The Bertz CT molecular complexity index is 1180. The Morgan fingerprint density at radius 1 is 0.938 bits per heavy atom. The Morgan fingerprint density at radius 3 is 2.28 bits per heavy atom. The number of benzene rings is 2. The molecule has 0 spiro atoms. The summed E-state index contributed by atoms with van der Waals surface area (Å²) in [5.74, 6) is 0.977. The third kappa shape index (κ3) is 3.87. The van der Waals surface area contributed by atoms with Gasteiger partial charge in [0.15, 0.2) is 5.82 Å². The molecule has 0 amide bonds. The number of para-hydroxylation sites is 1. The predicted octanol–water partition coefficient (Wildman–Crippen LogP) is 4.53. The van der Waals surface area contributed by atoms with Crippen molar-refractivity contribution in [2.75, 3.05) is 31.1 Å². The van der Waals surface area contributed by atoms with Gasteiger partial charge in [0.2, 0.25) is 10.8 Å². The number of aromatic nitrogens is 3. The van der Waals surface area contributed by atoms with Gasteiger partial charge < -0.3 is 10.0 Å². The molecule has 1 atom stereocenters. The van der Waals surface area contributed by atoms with Gasteiger partial charge in [-0.3, -0.25) is 4.90 Å². The Kier molecular flexibility index (Phi) is 5.85. The summed E-state index contributed by atoms with van der Waals surface area (Å²) in [5.41, 5.74) is 3.79. The Balaban J connectivity index is 1.48. The number of rotatable bonds is 6. The summed E-state index contributed by atoms with van der Waals surface area (Å²) < 4.78 is 1.60. The SMILES string of the molecule is CCc1ccc([C@H](c2sc3nc(CC)nn3c2O)N2CCN(c3ccccc3)CC2)cc1. The molecule has 4 aromatic rings. The lowest BCUT2D eigenvalue weighted by atomic mass is 10.0. The van der Waals surface area contributed by atoms with Crippen LogP contribution in [0.3, 0.4) is 0 Å². The molecule has 2 aromatic heterocycles. The van der Waals surface area contributed by atoms with Crippen LogP contribution in [0, 0.1) is 0 Å². The Morgan fingerprint density at radius 2 is 1.66 bits per heavy atom. The standard InChI is InChI=1S/C25H29N5OS/c1-3-18-10-12-19(13-11-18)22(23-24(31)30-25(32-23)26-21(4-2)27-30)29-16-14-28(15-17-29)20-8-6-5-7-9-20/h5-13,22,31H,3-4,14-17H2,1-2H3/t22-/m1/s1. The molecular weight excluding hydrogens is 418 g/mol. The van der Waals surface area contributed by atoms with Crippen molar-refractivity contribution in [2.45, 2.75) is 32.7 Å². The molecule has 5 rings (SSSR count). The average molecular weight is 448 g/mol. The lowest BCUT2D eigenvalue weighted by Gasteiger charge is -2.40. The monoisotopic (exact) mass is 447 g/mol. The van der Waals surface area contributed by atoms with Crippen LogP contribution in [-0.4, -0.2) is 50.8 Å². The van der Waals surface area contributed by atoms with Gasteiger partial charge in [-0.1, -0.05) is 67.6 Å². The second-order valence-electron chi connectivity index (χ2n) is 8.22. The van der Waals surface area contributed by atoms with Gasteiger partial charge in [0.05, 0.1) is 10.9 Å². The first-order valence-corrected chi connectivity index (χ1v) is 12.2. The zero-order chi connectivity index (χ0) is 22.1. The van der Waals surface area contributed by atoms with Crippen molar-refractivity contribution in [2.24, 2.45) is 0 Å². The lowest BCUT2D eigenvalue weighted by Crippen LogP contribution is -2.47. The molecule has 1 aliphatic heterocycles. The first kappa shape index (κ1) is 21.0. The van der Waals surface area contributed by atoms with Crippen LogP contribution in [0.1, 0.15) is 41.7 Å². The van der Waals surface area contributed by atoms with E-state index in [1.54, 1.807) is 15.9 Å². The van der Waals surface area contributed by atoms with Gasteiger partial charge in [-0.25, -0.2) is 4.98 Å². The first-order valence-electron chi connectivity index (χ1n) is 11.4. The number of piperazine rings is 1. The van der Waals surface area contributed by atoms with Crippen molar-refractivity contribution in [3.05, 3.63) is 76.4 Å². The van der Waals surface area contributed by atoms with E-state index >= 15 is 0 Å². The zero-order valence-corrected chi connectivity index (χ0v) is 19.4. The molecule has 2 aromatic carbocycles. The molecule has 1 fully saturated rings. The number of anilines is 1. The molecule has 1 saturated heterocycles. The topological polar surface area (TPSA) is 56.9 Å². The summed E-state index contributed by atoms with van der Waals surface area (Å²) in [6.07, 6.45) is 1.77. The highest BCUT2D eigenvalue weighted by Crippen LogP contribution is 2.40. The minimum absolute atomic E-state index is 0.0163. The summed E-state index contributed by atoms with van der Waals surface area (Å²) in [6, 6.07) is 19.4. The molecule has 3 heterocycles. The molecule has 0 radical (unpaired) electrons. The number of fused-ring (bicyclic) bond motifs is 1. The van der Waals surface area contributed by atoms with Crippen LogP contribution in [0.15, 0.2) is 54.6 Å². The normalized spacial score (nSPS) is 16.0. The van der Waals surface area contributed by atoms with Gasteiger partial charge in [0.1, 0.15) is 0 Å². The van der Waals surface area contributed by atoms with Crippen molar-refractivity contribution in [1.82, 2.24) is 19.5 Å². The van der Waals surface area contributed by atoms with Crippen LogP contribution in [0.5, 0.6) is 5.88 Å². The first-order chi connectivity index (χ1) is 15.7. The fourth-order valence-corrected chi connectivity index (χ4v) is 5.60. The summed E-state index contributed by atoms with van der Waals surface area (Å²) in [7, 11) is 0. The summed E-state index contributed by atoms with van der Waals surface area (Å²) in [5, 5.41) is 15.6. The average Bonchev–Trinajstić information content (AvgIpc) is 3.40. The smallest absolute Gasteiger partial charge is 0.230 e. The number of hydrogen-bond acceptors (Lipinski definition) is 6. The van der Waals surface area contributed by atoms with E-state index in [-0.39, 0.29) is 11.9 Å². The van der Waals surface area contributed by atoms with Crippen molar-refractivity contribution >= 4 is 22.0 Å². The van der Waals surface area contributed by atoms with Crippen molar-refractivity contribution in [3.63, 3.8) is 0 Å². The number of nitrogens with zero attached hydrogens (tertiary/aromatic N) is 5. The summed E-state index contributed by atoms with van der Waals surface area (Å²) in [4.78, 5) is 11.2. The predicted molar refractivity (Wildman–Crippen MR) is 130 cm³/mol. The number of thiazole rings is 1. The molecule has 0 unspecified atom stereocenters. The van der Waals surface area contributed by atoms with Crippen molar-refractivity contribution < 1.29 is 5.11 Å². The highest BCUT2D eigenvalue weighted by atomic mass is 32.1. The zero-order valence-electron chi connectivity index (χ0n) is 18.6. The lowest BCUT2D eigenvalue weighted by molar-refractivity contribution is 0.211. The van der Waals surface area contributed by atoms with E-state index < -0.39 is 0 Å².